The molecule has 3 aromatic heterocycles. The molecule has 1 aliphatic heterocycles. The van der Waals surface area contributed by atoms with Crippen molar-refractivity contribution in [2.24, 2.45) is 5.92 Å². The lowest BCUT2D eigenvalue weighted by Gasteiger charge is -2.30. The quantitative estimate of drug-likeness (QED) is 0.418. The van der Waals surface area contributed by atoms with E-state index in [4.69, 9.17) is 0 Å². The third kappa shape index (κ3) is 4.30. The molecule has 9 nitrogen and oxygen atoms in total. The topological polar surface area (TPSA) is 123 Å². The van der Waals surface area contributed by atoms with Crippen LogP contribution >= 0.6 is 34.0 Å². The Morgan fingerprint density at radius 2 is 2.13 bits per heavy atom. The zero-order valence-corrected chi connectivity index (χ0v) is 18.7. The van der Waals surface area contributed by atoms with Gasteiger partial charge in [0.1, 0.15) is 4.21 Å². The minimum absolute atomic E-state index is 0.00262. The lowest BCUT2D eigenvalue weighted by Crippen LogP contribution is -2.43. The van der Waals surface area contributed by atoms with Crippen LogP contribution in [0.4, 0.5) is 10.8 Å². The van der Waals surface area contributed by atoms with Gasteiger partial charge in [0, 0.05) is 24.5 Å². The van der Waals surface area contributed by atoms with Crippen molar-refractivity contribution >= 4 is 60.8 Å². The van der Waals surface area contributed by atoms with Gasteiger partial charge in [0.2, 0.25) is 5.91 Å². The van der Waals surface area contributed by atoms with Gasteiger partial charge in [0.15, 0.2) is 5.13 Å². The standard InChI is InChI=1S/C17H16N4O5S4/c22-16(11-3-1-5-20(8-11)30(25,26)15-4-2-6-27-15)19-17-18-13(10-29-17)14-7-12(9-28-14)21(23)24/h2,4,6-7,9-11H,1,3,5,8H2,(H,18,19,22). The van der Waals surface area contributed by atoms with Crippen LogP contribution in [0, 0.1) is 16.0 Å². The van der Waals surface area contributed by atoms with Gasteiger partial charge in [0.05, 0.1) is 26.8 Å². The van der Waals surface area contributed by atoms with E-state index < -0.39 is 20.9 Å². The second kappa shape index (κ2) is 8.51. The SMILES string of the molecule is O=C(Nc1nc(-c2cc([N+](=O)[O-])cs2)cs1)C1CCCN(S(=O)(=O)c2cccs2)C1. The smallest absolute Gasteiger partial charge is 0.280 e. The van der Waals surface area contributed by atoms with Crippen LogP contribution in [0.25, 0.3) is 10.6 Å². The van der Waals surface area contributed by atoms with Crippen LogP contribution in [-0.4, -0.2) is 41.6 Å². The first-order valence-corrected chi connectivity index (χ1v) is 13.0. The van der Waals surface area contributed by atoms with E-state index in [1.807, 2.05) is 0 Å². The number of sulfonamides is 1. The molecule has 1 unspecified atom stereocenters. The molecular weight excluding hydrogens is 468 g/mol. The van der Waals surface area contributed by atoms with E-state index in [-0.39, 0.29) is 22.3 Å². The first kappa shape index (κ1) is 21.1. The molecule has 1 saturated heterocycles. The van der Waals surface area contributed by atoms with E-state index in [1.54, 1.807) is 22.9 Å². The fraction of sp³-hybridized carbons (Fsp3) is 0.294. The summed E-state index contributed by atoms with van der Waals surface area (Å²) in [6.45, 7) is 0.518. The number of nitro groups is 1. The Kier molecular flexibility index (Phi) is 5.97. The molecular formula is C17H16N4O5S4. The van der Waals surface area contributed by atoms with Gasteiger partial charge in [-0.2, -0.15) is 4.31 Å². The summed E-state index contributed by atoms with van der Waals surface area (Å²) in [4.78, 5) is 28.1. The Hall–Kier alpha value is -2.19. The molecule has 0 aliphatic carbocycles. The summed E-state index contributed by atoms with van der Waals surface area (Å²) in [5.74, 6) is -0.747. The summed E-state index contributed by atoms with van der Waals surface area (Å²) in [7, 11) is -3.59. The number of anilines is 1. The zero-order chi connectivity index (χ0) is 21.3. The zero-order valence-electron chi connectivity index (χ0n) is 15.4. The molecule has 1 atom stereocenters. The first-order valence-electron chi connectivity index (χ1n) is 8.88. The van der Waals surface area contributed by atoms with Gasteiger partial charge in [-0.25, -0.2) is 13.4 Å². The average Bonchev–Trinajstić information content (AvgIpc) is 3.48. The van der Waals surface area contributed by atoms with E-state index in [1.165, 1.54) is 38.4 Å². The maximum absolute atomic E-state index is 12.7. The molecule has 0 radical (unpaired) electrons. The molecule has 13 heteroatoms. The summed E-state index contributed by atoms with van der Waals surface area (Å²) in [5, 5.41) is 18.8. The van der Waals surface area contributed by atoms with Crippen LogP contribution in [0.2, 0.25) is 0 Å². The lowest BCUT2D eigenvalue weighted by molar-refractivity contribution is -0.384. The van der Waals surface area contributed by atoms with Crippen molar-refractivity contribution in [3.8, 4) is 10.6 Å². The van der Waals surface area contributed by atoms with Crippen LogP contribution in [0.1, 0.15) is 12.8 Å². The summed E-state index contributed by atoms with van der Waals surface area (Å²) >= 11 is 3.59. The molecule has 4 rings (SSSR count). The van der Waals surface area contributed by atoms with Gasteiger partial charge in [0.25, 0.3) is 15.7 Å². The number of rotatable bonds is 6. The predicted octanol–water partition coefficient (Wildman–Crippen LogP) is 3.88. The predicted molar refractivity (Wildman–Crippen MR) is 117 cm³/mol. The van der Waals surface area contributed by atoms with Crippen molar-refractivity contribution in [1.29, 1.82) is 0 Å². The molecule has 1 aliphatic rings. The van der Waals surface area contributed by atoms with Crippen molar-refractivity contribution < 1.29 is 18.1 Å². The van der Waals surface area contributed by atoms with E-state index in [0.717, 1.165) is 11.3 Å². The molecule has 0 bridgehead atoms. The molecule has 158 valence electrons. The Morgan fingerprint density at radius 1 is 1.30 bits per heavy atom. The number of thiophene rings is 2. The number of aromatic nitrogens is 1. The van der Waals surface area contributed by atoms with Gasteiger partial charge < -0.3 is 5.32 Å². The number of thiazole rings is 1. The monoisotopic (exact) mass is 484 g/mol. The van der Waals surface area contributed by atoms with Crippen molar-refractivity contribution in [2.75, 3.05) is 18.4 Å². The average molecular weight is 485 g/mol. The number of amides is 1. The van der Waals surface area contributed by atoms with Gasteiger partial charge in [-0.1, -0.05) is 6.07 Å². The molecule has 3 aromatic rings. The number of nitrogens with one attached hydrogen (secondary N) is 1. The highest BCUT2D eigenvalue weighted by Crippen LogP contribution is 2.33. The van der Waals surface area contributed by atoms with Crippen molar-refractivity contribution in [3.05, 3.63) is 44.5 Å². The summed E-state index contributed by atoms with van der Waals surface area (Å²) in [6, 6.07) is 4.70. The van der Waals surface area contributed by atoms with Gasteiger partial charge >= 0.3 is 0 Å². The van der Waals surface area contributed by atoms with E-state index >= 15 is 0 Å². The normalized spacial score (nSPS) is 17.7. The maximum Gasteiger partial charge on any atom is 0.280 e. The molecule has 1 N–H and O–H groups in total. The molecule has 0 aromatic carbocycles. The minimum atomic E-state index is -3.59. The Balaban J connectivity index is 1.42. The largest absolute Gasteiger partial charge is 0.302 e. The second-order valence-corrected chi connectivity index (χ2v) is 11.5. The maximum atomic E-state index is 12.7. The number of carbonyl (C=O) groups is 1. The number of hydrogen-bond donors (Lipinski definition) is 1. The molecule has 0 saturated carbocycles. The Morgan fingerprint density at radius 3 is 2.83 bits per heavy atom. The van der Waals surface area contributed by atoms with Gasteiger partial charge in [-0.05, 0) is 24.3 Å². The molecule has 30 heavy (non-hydrogen) atoms. The minimum Gasteiger partial charge on any atom is -0.302 e. The van der Waals surface area contributed by atoms with E-state index in [2.05, 4.69) is 10.3 Å². The van der Waals surface area contributed by atoms with E-state index in [0.29, 0.717) is 35.1 Å². The van der Waals surface area contributed by atoms with Gasteiger partial charge in [-0.3, -0.25) is 14.9 Å². The molecule has 4 heterocycles. The summed E-state index contributed by atoms with van der Waals surface area (Å²) < 4.78 is 27.1. The van der Waals surface area contributed by atoms with Crippen LogP contribution in [0.5, 0.6) is 0 Å². The Bertz CT molecular complexity index is 1170. The van der Waals surface area contributed by atoms with Gasteiger partial charge in [-0.15, -0.1) is 34.0 Å². The van der Waals surface area contributed by atoms with Crippen LogP contribution in [-0.2, 0) is 14.8 Å². The molecule has 0 spiro atoms. The summed E-state index contributed by atoms with van der Waals surface area (Å²) in [6.07, 6.45) is 1.20. The van der Waals surface area contributed by atoms with Crippen molar-refractivity contribution in [1.82, 2.24) is 9.29 Å². The third-order valence-electron chi connectivity index (χ3n) is 4.63. The highest BCUT2D eigenvalue weighted by molar-refractivity contribution is 7.91. The number of nitrogens with zero attached hydrogens (tertiary/aromatic N) is 3. The van der Waals surface area contributed by atoms with Crippen molar-refractivity contribution in [3.63, 3.8) is 0 Å². The molecule has 1 amide bonds. The summed E-state index contributed by atoms with van der Waals surface area (Å²) in [5.41, 5.74) is 0.557. The number of carbonyl (C=O) groups excluding carboxylic acids is 1. The van der Waals surface area contributed by atoms with Crippen molar-refractivity contribution in [2.45, 2.75) is 17.1 Å². The highest BCUT2D eigenvalue weighted by Gasteiger charge is 2.34. The van der Waals surface area contributed by atoms with Crippen LogP contribution in [0.3, 0.4) is 0 Å². The number of hydrogen-bond acceptors (Lipinski definition) is 9. The molecule has 1 fully saturated rings. The number of piperidine rings is 1. The second-order valence-electron chi connectivity index (χ2n) is 6.59. The van der Waals surface area contributed by atoms with E-state index in [9.17, 15) is 23.3 Å². The highest BCUT2D eigenvalue weighted by atomic mass is 32.2. The van der Waals surface area contributed by atoms with Crippen LogP contribution < -0.4 is 5.32 Å². The van der Waals surface area contributed by atoms with Crippen LogP contribution in [0.15, 0.2) is 38.5 Å². The Labute approximate surface area is 184 Å². The fourth-order valence-corrected chi connectivity index (χ4v) is 7.39. The first-order chi connectivity index (χ1) is 14.3. The third-order valence-corrected chi connectivity index (χ3v) is 9.56. The fourth-order valence-electron chi connectivity index (χ4n) is 3.12. The lowest BCUT2D eigenvalue weighted by atomic mass is 9.99.